The first-order valence-corrected chi connectivity index (χ1v) is 8.01. The third-order valence-electron chi connectivity index (χ3n) is 4.86. The Kier molecular flexibility index (Phi) is 3.47. The van der Waals surface area contributed by atoms with Crippen molar-refractivity contribution < 1.29 is 4.52 Å². The number of hydrogen-bond donors (Lipinski definition) is 1. The van der Waals surface area contributed by atoms with E-state index in [0.29, 0.717) is 5.92 Å². The minimum Gasteiger partial charge on any atom is -0.339 e. The first-order chi connectivity index (χ1) is 10.4. The Morgan fingerprint density at radius 1 is 1.24 bits per heavy atom. The van der Waals surface area contributed by atoms with Gasteiger partial charge in [-0.1, -0.05) is 29.4 Å². The zero-order chi connectivity index (χ0) is 14.1. The van der Waals surface area contributed by atoms with Gasteiger partial charge in [-0.25, -0.2) is 0 Å². The number of benzene rings is 1. The molecule has 4 heteroatoms. The summed E-state index contributed by atoms with van der Waals surface area (Å²) in [5.74, 6) is 2.78. The molecule has 1 aromatic heterocycles. The van der Waals surface area contributed by atoms with Crippen molar-refractivity contribution in [1.29, 1.82) is 0 Å². The average Bonchev–Trinajstić information content (AvgIpc) is 3.25. The van der Waals surface area contributed by atoms with Gasteiger partial charge in [0.15, 0.2) is 5.82 Å². The molecule has 0 bridgehead atoms. The molecule has 1 saturated heterocycles. The van der Waals surface area contributed by atoms with Crippen LogP contribution >= 0.6 is 0 Å². The minimum atomic E-state index is 0.326. The Bertz CT molecular complexity index is 616. The monoisotopic (exact) mass is 283 g/mol. The molecule has 110 valence electrons. The molecule has 0 saturated carbocycles. The second-order valence-electron chi connectivity index (χ2n) is 6.23. The maximum absolute atomic E-state index is 5.47. The van der Waals surface area contributed by atoms with Crippen LogP contribution in [-0.2, 0) is 12.8 Å². The van der Waals surface area contributed by atoms with Crippen LogP contribution in [-0.4, -0.2) is 23.2 Å². The molecule has 2 aliphatic rings. The third kappa shape index (κ3) is 2.60. The van der Waals surface area contributed by atoms with Gasteiger partial charge in [0, 0.05) is 12.3 Å². The fourth-order valence-corrected chi connectivity index (χ4v) is 3.62. The maximum atomic E-state index is 5.47. The summed E-state index contributed by atoms with van der Waals surface area (Å²) in [6, 6.07) is 8.63. The van der Waals surface area contributed by atoms with Gasteiger partial charge in [0.25, 0.3) is 0 Å². The van der Waals surface area contributed by atoms with Gasteiger partial charge in [-0.2, -0.15) is 4.98 Å². The van der Waals surface area contributed by atoms with Crippen molar-refractivity contribution in [2.45, 2.75) is 38.0 Å². The molecule has 1 fully saturated rings. The van der Waals surface area contributed by atoms with Gasteiger partial charge in [-0.3, -0.25) is 0 Å². The lowest BCUT2D eigenvalue weighted by atomic mass is 10.0. The average molecular weight is 283 g/mol. The first-order valence-electron chi connectivity index (χ1n) is 8.01. The zero-order valence-electron chi connectivity index (χ0n) is 12.2. The van der Waals surface area contributed by atoms with Crippen molar-refractivity contribution in [3.63, 3.8) is 0 Å². The number of fused-ring (bicyclic) bond motifs is 1. The van der Waals surface area contributed by atoms with E-state index in [4.69, 9.17) is 4.52 Å². The molecule has 0 amide bonds. The molecule has 1 aromatic carbocycles. The highest BCUT2D eigenvalue weighted by atomic mass is 16.5. The largest absolute Gasteiger partial charge is 0.339 e. The minimum absolute atomic E-state index is 0.326. The summed E-state index contributed by atoms with van der Waals surface area (Å²) < 4.78 is 5.47. The summed E-state index contributed by atoms with van der Waals surface area (Å²) in [4.78, 5) is 4.65. The Labute approximate surface area is 124 Å². The van der Waals surface area contributed by atoms with Crippen LogP contribution in [0.3, 0.4) is 0 Å². The van der Waals surface area contributed by atoms with Gasteiger partial charge >= 0.3 is 0 Å². The molecule has 2 atom stereocenters. The van der Waals surface area contributed by atoms with Gasteiger partial charge in [0.05, 0.1) is 0 Å². The topological polar surface area (TPSA) is 51.0 Å². The zero-order valence-corrected chi connectivity index (χ0v) is 12.2. The van der Waals surface area contributed by atoms with E-state index in [1.165, 1.54) is 17.5 Å². The van der Waals surface area contributed by atoms with E-state index in [2.05, 4.69) is 39.7 Å². The SMILES string of the molecule is c1ccc2c(c1)CCC2c1noc(CCC2CCNC2)n1. The smallest absolute Gasteiger partial charge is 0.226 e. The number of hydrogen-bond acceptors (Lipinski definition) is 4. The van der Waals surface area contributed by atoms with Crippen LogP contribution in [0, 0.1) is 5.92 Å². The molecular weight excluding hydrogens is 262 g/mol. The fourth-order valence-electron chi connectivity index (χ4n) is 3.62. The molecule has 1 aliphatic carbocycles. The van der Waals surface area contributed by atoms with Crippen LogP contribution in [0.2, 0.25) is 0 Å². The van der Waals surface area contributed by atoms with Gasteiger partial charge in [0.2, 0.25) is 5.89 Å². The molecular formula is C17H21N3O. The van der Waals surface area contributed by atoms with Crippen LogP contribution in [0.15, 0.2) is 28.8 Å². The summed E-state index contributed by atoms with van der Waals surface area (Å²) in [6.45, 7) is 2.29. The fraction of sp³-hybridized carbons (Fsp3) is 0.529. The van der Waals surface area contributed by atoms with Gasteiger partial charge in [-0.05, 0) is 55.8 Å². The van der Waals surface area contributed by atoms with Crippen LogP contribution in [0.4, 0.5) is 0 Å². The predicted molar refractivity (Wildman–Crippen MR) is 80.2 cm³/mol. The van der Waals surface area contributed by atoms with Crippen LogP contribution in [0.1, 0.15) is 48.0 Å². The van der Waals surface area contributed by atoms with E-state index in [0.717, 1.165) is 56.4 Å². The Morgan fingerprint density at radius 3 is 3.10 bits per heavy atom. The Hall–Kier alpha value is -1.68. The van der Waals surface area contributed by atoms with Crippen molar-refractivity contribution in [2.75, 3.05) is 13.1 Å². The molecule has 0 spiro atoms. The van der Waals surface area contributed by atoms with E-state index in [1.807, 2.05) is 0 Å². The molecule has 2 aromatic rings. The molecule has 0 radical (unpaired) electrons. The van der Waals surface area contributed by atoms with Gasteiger partial charge in [-0.15, -0.1) is 0 Å². The van der Waals surface area contributed by atoms with E-state index in [9.17, 15) is 0 Å². The lowest BCUT2D eigenvalue weighted by Gasteiger charge is -2.05. The summed E-state index contributed by atoms with van der Waals surface area (Å²) >= 11 is 0. The third-order valence-corrected chi connectivity index (χ3v) is 4.86. The highest BCUT2D eigenvalue weighted by Crippen LogP contribution is 2.36. The number of nitrogens with zero attached hydrogens (tertiary/aromatic N) is 2. The second-order valence-corrected chi connectivity index (χ2v) is 6.23. The highest BCUT2D eigenvalue weighted by molar-refractivity contribution is 5.38. The van der Waals surface area contributed by atoms with Crippen molar-refractivity contribution in [3.8, 4) is 0 Å². The lowest BCUT2D eigenvalue weighted by Crippen LogP contribution is -2.09. The van der Waals surface area contributed by atoms with E-state index < -0.39 is 0 Å². The van der Waals surface area contributed by atoms with Crippen LogP contribution < -0.4 is 5.32 Å². The summed E-state index contributed by atoms with van der Waals surface area (Å²) in [7, 11) is 0. The first kappa shape index (κ1) is 13.0. The molecule has 1 aliphatic heterocycles. The summed E-state index contributed by atoms with van der Waals surface area (Å²) in [6.07, 6.45) is 5.56. The molecule has 4 rings (SSSR count). The number of aromatic nitrogens is 2. The molecule has 2 unspecified atom stereocenters. The molecule has 1 N–H and O–H groups in total. The van der Waals surface area contributed by atoms with Crippen LogP contribution in [0.25, 0.3) is 0 Å². The standard InChI is InChI=1S/C17H21N3O/c1-2-4-14-13(3-1)6-7-15(14)17-19-16(21-20-17)8-5-12-9-10-18-11-12/h1-4,12,15,18H,5-11H2. The maximum Gasteiger partial charge on any atom is 0.226 e. The second kappa shape index (κ2) is 5.60. The van der Waals surface area contributed by atoms with Crippen molar-refractivity contribution in [2.24, 2.45) is 5.92 Å². The number of nitrogens with one attached hydrogen (secondary N) is 1. The van der Waals surface area contributed by atoms with E-state index >= 15 is 0 Å². The van der Waals surface area contributed by atoms with Crippen molar-refractivity contribution >= 4 is 0 Å². The van der Waals surface area contributed by atoms with Crippen molar-refractivity contribution in [1.82, 2.24) is 15.5 Å². The van der Waals surface area contributed by atoms with Gasteiger partial charge < -0.3 is 9.84 Å². The number of aryl methyl sites for hydroxylation is 2. The quantitative estimate of drug-likeness (QED) is 0.937. The van der Waals surface area contributed by atoms with Crippen LogP contribution in [0.5, 0.6) is 0 Å². The normalized spacial score (nSPS) is 24.4. The summed E-state index contributed by atoms with van der Waals surface area (Å²) in [5, 5.41) is 7.64. The molecule has 4 nitrogen and oxygen atoms in total. The van der Waals surface area contributed by atoms with Gasteiger partial charge in [0.1, 0.15) is 0 Å². The summed E-state index contributed by atoms with van der Waals surface area (Å²) in [5.41, 5.74) is 2.82. The van der Waals surface area contributed by atoms with E-state index in [-0.39, 0.29) is 0 Å². The predicted octanol–water partition coefficient (Wildman–Crippen LogP) is 2.69. The Morgan fingerprint density at radius 2 is 2.19 bits per heavy atom. The van der Waals surface area contributed by atoms with Crippen molar-refractivity contribution in [3.05, 3.63) is 47.1 Å². The lowest BCUT2D eigenvalue weighted by molar-refractivity contribution is 0.359. The molecule has 21 heavy (non-hydrogen) atoms. The molecule has 2 heterocycles. The van der Waals surface area contributed by atoms with E-state index in [1.54, 1.807) is 0 Å². The number of rotatable bonds is 4. The Balaban J connectivity index is 1.45. The highest BCUT2D eigenvalue weighted by Gasteiger charge is 2.27.